The van der Waals surface area contributed by atoms with E-state index in [1.807, 2.05) is 18.2 Å². The van der Waals surface area contributed by atoms with Crippen LogP contribution in [0.5, 0.6) is 0 Å². The molecule has 94 valence electrons. The zero-order chi connectivity index (χ0) is 13.0. The molecule has 1 unspecified atom stereocenters. The van der Waals surface area contributed by atoms with E-state index in [1.165, 1.54) is 11.1 Å². The third-order valence-corrected chi connectivity index (χ3v) is 3.41. The van der Waals surface area contributed by atoms with E-state index in [0.717, 1.165) is 17.1 Å². The van der Waals surface area contributed by atoms with Crippen LogP contribution in [0.2, 0.25) is 5.02 Å². The third kappa shape index (κ3) is 3.34. The summed E-state index contributed by atoms with van der Waals surface area (Å²) in [5.74, 6) is 0. The van der Waals surface area contributed by atoms with Crippen LogP contribution in [-0.2, 0) is 6.54 Å². The van der Waals surface area contributed by atoms with E-state index < -0.39 is 0 Å². The quantitative estimate of drug-likeness (QED) is 0.853. The SMILES string of the molecule is Cc1cccc(CNC(C)c2ccccc2Cl)c1. The van der Waals surface area contributed by atoms with Crippen molar-refractivity contribution in [2.45, 2.75) is 26.4 Å². The number of hydrogen-bond acceptors (Lipinski definition) is 1. The van der Waals surface area contributed by atoms with Crippen molar-refractivity contribution < 1.29 is 0 Å². The standard InChI is InChI=1S/C16H18ClN/c1-12-6-5-7-14(10-12)11-18-13(2)15-8-3-4-9-16(15)17/h3-10,13,18H,11H2,1-2H3. The molecule has 2 heteroatoms. The lowest BCUT2D eigenvalue weighted by Gasteiger charge is -2.15. The first-order valence-corrected chi connectivity index (χ1v) is 6.58. The van der Waals surface area contributed by atoms with Crippen molar-refractivity contribution in [3.8, 4) is 0 Å². The minimum Gasteiger partial charge on any atom is -0.306 e. The molecule has 0 radical (unpaired) electrons. The highest BCUT2D eigenvalue weighted by atomic mass is 35.5. The zero-order valence-corrected chi connectivity index (χ0v) is 11.5. The largest absolute Gasteiger partial charge is 0.306 e. The van der Waals surface area contributed by atoms with Crippen LogP contribution >= 0.6 is 11.6 Å². The van der Waals surface area contributed by atoms with Gasteiger partial charge in [0.2, 0.25) is 0 Å². The molecular formula is C16H18ClN. The van der Waals surface area contributed by atoms with Crippen LogP contribution in [0.25, 0.3) is 0 Å². The van der Waals surface area contributed by atoms with Gasteiger partial charge in [-0.25, -0.2) is 0 Å². The Morgan fingerprint density at radius 2 is 1.89 bits per heavy atom. The Labute approximate surface area is 114 Å². The minimum atomic E-state index is 0.249. The van der Waals surface area contributed by atoms with E-state index in [-0.39, 0.29) is 6.04 Å². The Morgan fingerprint density at radius 1 is 1.11 bits per heavy atom. The van der Waals surface area contributed by atoms with E-state index in [0.29, 0.717) is 0 Å². The highest BCUT2D eigenvalue weighted by Gasteiger charge is 2.08. The summed E-state index contributed by atoms with van der Waals surface area (Å²) in [5.41, 5.74) is 3.74. The lowest BCUT2D eigenvalue weighted by molar-refractivity contribution is 0.575. The van der Waals surface area contributed by atoms with Gasteiger partial charge < -0.3 is 5.32 Å². The molecule has 0 saturated carbocycles. The summed E-state index contributed by atoms with van der Waals surface area (Å²) in [6.07, 6.45) is 0. The van der Waals surface area contributed by atoms with Gasteiger partial charge in [0.05, 0.1) is 0 Å². The molecule has 0 fully saturated rings. The van der Waals surface area contributed by atoms with Gasteiger partial charge >= 0.3 is 0 Å². The fourth-order valence-corrected chi connectivity index (χ4v) is 2.33. The van der Waals surface area contributed by atoms with Gasteiger partial charge in [-0.2, -0.15) is 0 Å². The van der Waals surface area contributed by atoms with Gasteiger partial charge in [0.25, 0.3) is 0 Å². The molecule has 1 nitrogen and oxygen atoms in total. The molecule has 0 aliphatic heterocycles. The van der Waals surface area contributed by atoms with Crippen molar-refractivity contribution in [1.29, 1.82) is 0 Å². The maximum absolute atomic E-state index is 6.19. The monoisotopic (exact) mass is 259 g/mol. The smallest absolute Gasteiger partial charge is 0.0453 e. The van der Waals surface area contributed by atoms with Gasteiger partial charge in [-0.1, -0.05) is 59.6 Å². The van der Waals surface area contributed by atoms with Crippen LogP contribution in [0.15, 0.2) is 48.5 Å². The van der Waals surface area contributed by atoms with Crippen LogP contribution in [0, 0.1) is 6.92 Å². The van der Waals surface area contributed by atoms with E-state index in [2.05, 4.69) is 49.5 Å². The summed E-state index contributed by atoms with van der Waals surface area (Å²) in [6, 6.07) is 16.8. The van der Waals surface area contributed by atoms with E-state index in [1.54, 1.807) is 0 Å². The zero-order valence-electron chi connectivity index (χ0n) is 10.8. The van der Waals surface area contributed by atoms with Crippen molar-refractivity contribution in [3.05, 3.63) is 70.2 Å². The number of aryl methyl sites for hydroxylation is 1. The fourth-order valence-electron chi connectivity index (χ4n) is 2.03. The molecule has 0 saturated heterocycles. The van der Waals surface area contributed by atoms with Crippen molar-refractivity contribution >= 4 is 11.6 Å². The molecule has 2 aromatic carbocycles. The lowest BCUT2D eigenvalue weighted by atomic mass is 10.1. The number of nitrogens with one attached hydrogen (secondary N) is 1. The van der Waals surface area contributed by atoms with Crippen LogP contribution < -0.4 is 5.32 Å². The highest BCUT2D eigenvalue weighted by Crippen LogP contribution is 2.22. The first kappa shape index (κ1) is 13.1. The fraction of sp³-hybridized carbons (Fsp3) is 0.250. The van der Waals surface area contributed by atoms with Gasteiger partial charge in [-0.05, 0) is 31.0 Å². The van der Waals surface area contributed by atoms with E-state index in [9.17, 15) is 0 Å². The molecule has 0 amide bonds. The third-order valence-electron chi connectivity index (χ3n) is 3.07. The van der Waals surface area contributed by atoms with Gasteiger partial charge in [0.1, 0.15) is 0 Å². The van der Waals surface area contributed by atoms with Crippen molar-refractivity contribution in [2.75, 3.05) is 0 Å². The number of rotatable bonds is 4. The Kier molecular flexibility index (Phi) is 4.40. The molecule has 0 heterocycles. The predicted molar refractivity (Wildman–Crippen MR) is 77.9 cm³/mol. The van der Waals surface area contributed by atoms with Crippen LogP contribution in [0.1, 0.15) is 29.7 Å². The van der Waals surface area contributed by atoms with Crippen molar-refractivity contribution in [2.24, 2.45) is 0 Å². The molecule has 0 aliphatic carbocycles. The second kappa shape index (κ2) is 6.03. The van der Waals surface area contributed by atoms with Crippen LogP contribution in [0.4, 0.5) is 0 Å². The van der Waals surface area contributed by atoms with Gasteiger partial charge in [0.15, 0.2) is 0 Å². The normalized spacial score (nSPS) is 12.4. The van der Waals surface area contributed by atoms with Crippen molar-refractivity contribution in [3.63, 3.8) is 0 Å². The second-order valence-corrected chi connectivity index (χ2v) is 5.02. The summed E-state index contributed by atoms with van der Waals surface area (Å²) in [6.45, 7) is 5.10. The molecule has 2 aromatic rings. The molecule has 2 rings (SSSR count). The summed E-state index contributed by atoms with van der Waals surface area (Å²) < 4.78 is 0. The highest BCUT2D eigenvalue weighted by molar-refractivity contribution is 6.31. The second-order valence-electron chi connectivity index (χ2n) is 4.61. The first-order valence-electron chi connectivity index (χ1n) is 6.20. The minimum absolute atomic E-state index is 0.249. The average molecular weight is 260 g/mol. The molecule has 0 aliphatic rings. The number of halogens is 1. The number of hydrogen-bond donors (Lipinski definition) is 1. The number of benzene rings is 2. The van der Waals surface area contributed by atoms with E-state index in [4.69, 9.17) is 11.6 Å². The summed E-state index contributed by atoms with van der Waals surface area (Å²) in [4.78, 5) is 0. The predicted octanol–water partition coefficient (Wildman–Crippen LogP) is 4.50. The first-order chi connectivity index (χ1) is 8.66. The topological polar surface area (TPSA) is 12.0 Å². The maximum atomic E-state index is 6.19. The molecule has 0 aromatic heterocycles. The Bertz CT molecular complexity index is 522. The Morgan fingerprint density at radius 3 is 2.61 bits per heavy atom. The molecule has 0 spiro atoms. The van der Waals surface area contributed by atoms with Crippen molar-refractivity contribution in [1.82, 2.24) is 5.32 Å². The van der Waals surface area contributed by atoms with Crippen LogP contribution in [0.3, 0.4) is 0 Å². The van der Waals surface area contributed by atoms with E-state index >= 15 is 0 Å². The lowest BCUT2D eigenvalue weighted by Crippen LogP contribution is -2.18. The van der Waals surface area contributed by atoms with Gasteiger partial charge in [0, 0.05) is 17.6 Å². The molecule has 1 N–H and O–H groups in total. The molecule has 0 bridgehead atoms. The summed E-state index contributed by atoms with van der Waals surface area (Å²) >= 11 is 6.19. The van der Waals surface area contributed by atoms with Crippen LogP contribution in [-0.4, -0.2) is 0 Å². The van der Waals surface area contributed by atoms with Gasteiger partial charge in [-0.3, -0.25) is 0 Å². The average Bonchev–Trinajstić information content (AvgIpc) is 2.37. The molecule has 18 heavy (non-hydrogen) atoms. The Balaban J connectivity index is 2.00. The summed E-state index contributed by atoms with van der Waals surface area (Å²) in [5, 5.41) is 4.32. The molecule has 1 atom stereocenters. The Hall–Kier alpha value is -1.31. The molecular weight excluding hydrogens is 242 g/mol. The summed E-state index contributed by atoms with van der Waals surface area (Å²) in [7, 11) is 0. The van der Waals surface area contributed by atoms with Gasteiger partial charge in [-0.15, -0.1) is 0 Å². The maximum Gasteiger partial charge on any atom is 0.0453 e.